The van der Waals surface area contributed by atoms with Gasteiger partial charge >= 0.3 is 6.18 Å². The molecule has 0 heterocycles. The van der Waals surface area contributed by atoms with Crippen LogP contribution in [0, 0.1) is 5.41 Å². The molecule has 8 heteroatoms. The molecule has 0 unspecified atom stereocenters. The number of carbonyl (C=O) groups excluding carboxylic acids is 1. The SMILES string of the molecule is CC(C)(C(=O)NCc1ccc(C(F)(F)F)cc1)C(N)=NO. The van der Waals surface area contributed by atoms with Gasteiger partial charge in [0.05, 0.1) is 5.56 Å². The minimum absolute atomic E-state index is 0.0408. The lowest BCUT2D eigenvalue weighted by atomic mass is 9.91. The molecule has 0 radical (unpaired) electrons. The van der Waals surface area contributed by atoms with E-state index in [-0.39, 0.29) is 12.4 Å². The van der Waals surface area contributed by atoms with Gasteiger partial charge in [-0.05, 0) is 31.5 Å². The highest BCUT2D eigenvalue weighted by Gasteiger charge is 2.33. The van der Waals surface area contributed by atoms with Crippen LogP contribution >= 0.6 is 0 Å². The van der Waals surface area contributed by atoms with Crippen LogP contribution < -0.4 is 11.1 Å². The lowest BCUT2D eigenvalue weighted by Gasteiger charge is -2.21. The van der Waals surface area contributed by atoms with Crippen LogP contribution in [0.15, 0.2) is 29.4 Å². The lowest BCUT2D eigenvalue weighted by Crippen LogP contribution is -2.45. The number of nitrogens with zero attached hydrogens (tertiary/aromatic N) is 1. The Labute approximate surface area is 119 Å². The fraction of sp³-hybridized carbons (Fsp3) is 0.385. The molecule has 0 atom stereocenters. The highest BCUT2D eigenvalue weighted by atomic mass is 19.4. The summed E-state index contributed by atoms with van der Waals surface area (Å²) in [5.41, 5.74) is 3.93. The number of rotatable bonds is 4. The number of nitrogens with one attached hydrogen (secondary N) is 1. The van der Waals surface area contributed by atoms with E-state index < -0.39 is 23.1 Å². The molecule has 116 valence electrons. The van der Waals surface area contributed by atoms with Crippen molar-refractivity contribution in [3.8, 4) is 0 Å². The van der Waals surface area contributed by atoms with Gasteiger partial charge in [-0.15, -0.1) is 0 Å². The maximum atomic E-state index is 12.4. The molecule has 5 nitrogen and oxygen atoms in total. The fourth-order valence-corrected chi connectivity index (χ4v) is 1.46. The molecular weight excluding hydrogens is 287 g/mol. The minimum atomic E-state index is -4.39. The monoisotopic (exact) mass is 303 g/mol. The molecule has 0 saturated carbocycles. The van der Waals surface area contributed by atoms with E-state index in [0.717, 1.165) is 12.1 Å². The molecule has 0 aliphatic rings. The second-order valence-corrected chi connectivity index (χ2v) is 4.99. The quantitative estimate of drug-likeness (QED) is 0.344. The Morgan fingerprint density at radius 1 is 1.29 bits per heavy atom. The summed E-state index contributed by atoms with van der Waals surface area (Å²) in [6, 6.07) is 4.44. The van der Waals surface area contributed by atoms with Crippen molar-refractivity contribution in [2.45, 2.75) is 26.6 Å². The molecule has 0 spiro atoms. The van der Waals surface area contributed by atoms with Gasteiger partial charge in [0, 0.05) is 6.54 Å². The molecule has 0 saturated heterocycles. The first kappa shape index (κ1) is 16.8. The number of benzene rings is 1. The zero-order chi connectivity index (χ0) is 16.3. The Bertz CT molecular complexity index is 537. The van der Waals surface area contributed by atoms with E-state index in [9.17, 15) is 18.0 Å². The number of amidine groups is 1. The predicted molar refractivity (Wildman–Crippen MR) is 70.5 cm³/mol. The molecule has 1 aromatic rings. The first-order valence-electron chi connectivity index (χ1n) is 6.01. The summed E-state index contributed by atoms with van der Waals surface area (Å²) >= 11 is 0. The third kappa shape index (κ3) is 4.11. The minimum Gasteiger partial charge on any atom is -0.409 e. The van der Waals surface area contributed by atoms with Gasteiger partial charge in [-0.25, -0.2) is 0 Å². The summed E-state index contributed by atoms with van der Waals surface area (Å²) in [5, 5.41) is 13.9. The lowest BCUT2D eigenvalue weighted by molar-refractivity contribution is -0.137. The van der Waals surface area contributed by atoms with Crippen LogP contribution in [-0.2, 0) is 17.5 Å². The van der Waals surface area contributed by atoms with E-state index in [0.29, 0.717) is 5.56 Å². The molecule has 0 bridgehead atoms. The highest BCUT2D eigenvalue weighted by molar-refractivity contribution is 6.05. The third-order valence-corrected chi connectivity index (χ3v) is 3.05. The maximum Gasteiger partial charge on any atom is 0.416 e. The maximum absolute atomic E-state index is 12.4. The summed E-state index contributed by atoms with van der Waals surface area (Å²) in [6.45, 7) is 2.97. The summed E-state index contributed by atoms with van der Waals surface area (Å²) in [5.74, 6) is -0.759. The summed E-state index contributed by atoms with van der Waals surface area (Å²) in [7, 11) is 0. The normalized spacial score (nSPS) is 13.1. The van der Waals surface area contributed by atoms with Crippen LogP contribution in [0.4, 0.5) is 13.2 Å². The van der Waals surface area contributed by atoms with Gasteiger partial charge in [0.2, 0.25) is 5.91 Å². The van der Waals surface area contributed by atoms with Crippen LogP contribution in [-0.4, -0.2) is 17.0 Å². The predicted octanol–water partition coefficient (Wildman–Crippen LogP) is 2.09. The first-order valence-corrected chi connectivity index (χ1v) is 6.01. The molecule has 21 heavy (non-hydrogen) atoms. The van der Waals surface area contributed by atoms with Crippen molar-refractivity contribution in [1.29, 1.82) is 0 Å². The molecule has 4 N–H and O–H groups in total. The number of carbonyl (C=O) groups is 1. The summed E-state index contributed by atoms with van der Waals surface area (Å²) < 4.78 is 37.2. The van der Waals surface area contributed by atoms with Crippen molar-refractivity contribution in [2.75, 3.05) is 0 Å². The van der Waals surface area contributed by atoms with E-state index in [2.05, 4.69) is 10.5 Å². The van der Waals surface area contributed by atoms with Crippen molar-refractivity contribution in [1.82, 2.24) is 5.32 Å². The molecule has 1 aromatic carbocycles. The Balaban J connectivity index is 2.70. The number of hydrogen-bond acceptors (Lipinski definition) is 3. The van der Waals surface area contributed by atoms with Crippen molar-refractivity contribution in [3.05, 3.63) is 35.4 Å². The van der Waals surface area contributed by atoms with E-state index in [1.54, 1.807) is 0 Å². The standard InChI is InChI=1S/C13H16F3N3O2/c1-12(2,10(17)19-21)11(20)18-7-8-3-5-9(6-4-8)13(14,15)16/h3-6,21H,7H2,1-2H3,(H2,17,19)(H,18,20). The van der Waals surface area contributed by atoms with Crippen LogP contribution in [0.5, 0.6) is 0 Å². The molecule has 0 fully saturated rings. The topological polar surface area (TPSA) is 87.7 Å². The van der Waals surface area contributed by atoms with E-state index in [4.69, 9.17) is 10.9 Å². The van der Waals surface area contributed by atoms with Crippen molar-refractivity contribution in [2.24, 2.45) is 16.3 Å². The highest BCUT2D eigenvalue weighted by Crippen LogP contribution is 2.29. The second-order valence-electron chi connectivity index (χ2n) is 4.99. The van der Waals surface area contributed by atoms with Gasteiger partial charge in [0.15, 0.2) is 5.84 Å². The molecule has 1 rings (SSSR count). The molecule has 0 aliphatic heterocycles. The molecule has 1 amide bonds. The van der Waals surface area contributed by atoms with Gasteiger partial charge in [0.1, 0.15) is 5.41 Å². The average molecular weight is 303 g/mol. The summed E-state index contributed by atoms with van der Waals surface area (Å²) in [4.78, 5) is 11.9. The van der Waals surface area contributed by atoms with Crippen LogP contribution in [0.25, 0.3) is 0 Å². The van der Waals surface area contributed by atoms with Gasteiger partial charge in [-0.2, -0.15) is 13.2 Å². The van der Waals surface area contributed by atoms with Crippen molar-refractivity contribution in [3.63, 3.8) is 0 Å². The van der Waals surface area contributed by atoms with Crippen molar-refractivity contribution >= 4 is 11.7 Å². The first-order chi connectivity index (χ1) is 9.59. The molecule has 0 aliphatic carbocycles. The Hall–Kier alpha value is -2.25. The van der Waals surface area contributed by atoms with Crippen molar-refractivity contribution < 1.29 is 23.2 Å². The summed E-state index contributed by atoms with van der Waals surface area (Å²) in [6.07, 6.45) is -4.39. The zero-order valence-corrected chi connectivity index (χ0v) is 11.5. The number of amides is 1. The number of alkyl halides is 3. The average Bonchev–Trinajstić information content (AvgIpc) is 2.43. The number of hydrogen-bond donors (Lipinski definition) is 3. The zero-order valence-electron chi connectivity index (χ0n) is 11.5. The number of oxime groups is 1. The van der Waals surface area contributed by atoms with Gasteiger partial charge in [-0.3, -0.25) is 4.79 Å². The van der Waals surface area contributed by atoms with E-state index in [1.165, 1.54) is 26.0 Å². The smallest absolute Gasteiger partial charge is 0.409 e. The molecule has 0 aromatic heterocycles. The Morgan fingerprint density at radius 3 is 2.24 bits per heavy atom. The van der Waals surface area contributed by atoms with E-state index in [1.807, 2.05) is 0 Å². The molecular formula is C13H16F3N3O2. The fourth-order valence-electron chi connectivity index (χ4n) is 1.46. The second kappa shape index (κ2) is 6.02. The number of halogens is 3. The Kier molecular flexibility index (Phi) is 4.82. The van der Waals surface area contributed by atoms with Gasteiger partial charge in [0.25, 0.3) is 0 Å². The number of nitrogens with two attached hydrogens (primary N) is 1. The van der Waals surface area contributed by atoms with E-state index >= 15 is 0 Å². The third-order valence-electron chi connectivity index (χ3n) is 3.05. The Morgan fingerprint density at radius 2 is 1.81 bits per heavy atom. The van der Waals surface area contributed by atoms with Gasteiger partial charge < -0.3 is 16.3 Å². The largest absolute Gasteiger partial charge is 0.416 e. The van der Waals surface area contributed by atoms with Crippen LogP contribution in [0.2, 0.25) is 0 Å². The van der Waals surface area contributed by atoms with Gasteiger partial charge in [-0.1, -0.05) is 17.3 Å². The van der Waals surface area contributed by atoms with Crippen LogP contribution in [0.1, 0.15) is 25.0 Å². The van der Waals surface area contributed by atoms with Crippen LogP contribution in [0.3, 0.4) is 0 Å².